The van der Waals surface area contributed by atoms with Crippen molar-refractivity contribution in [2.45, 2.75) is 38.7 Å². The third-order valence-corrected chi connectivity index (χ3v) is 2.28. The molecule has 3 nitrogen and oxygen atoms in total. The van der Waals surface area contributed by atoms with Crippen LogP contribution in [0.1, 0.15) is 31.5 Å². The fourth-order valence-corrected chi connectivity index (χ4v) is 1.64. The summed E-state index contributed by atoms with van der Waals surface area (Å²) in [7, 11) is 0. The van der Waals surface area contributed by atoms with Crippen molar-refractivity contribution in [1.82, 2.24) is 9.97 Å². The lowest BCUT2D eigenvalue weighted by molar-refractivity contribution is 0.202. The Morgan fingerprint density at radius 2 is 2.25 bits per heavy atom. The van der Waals surface area contributed by atoms with Gasteiger partial charge in [-0.2, -0.15) is 0 Å². The van der Waals surface area contributed by atoms with E-state index in [0.717, 1.165) is 11.7 Å². The highest BCUT2D eigenvalue weighted by atomic mass is 16.5. The Labute approximate surface area is 72.2 Å². The van der Waals surface area contributed by atoms with Crippen LogP contribution in [0.3, 0.4) is 0 Å². The number of nitrogens with one attached hydrogen (secondary N) is 1. The van der Waals surface area contributed by atoms with E-state index in [4.69, 9.17) is 4.74 Å². The van der Waals surface area contributed by atoms with Gasteiger partial charge in [-0.1, -0.05) is 0 Å². The molecule has 1 aliphatic carbocycles. The highest BCUT2D eigenvalue weighted by molar-refractivity contribution is 5.06. The number of aromatic amines is 1. The first kappa shape index (κ1) is 7.65. The summed E-state index contributed by atoms with van der Waals surface area (Å²) in [5.41, 5.74) is 0. The molecule has 3 heteroatoms. The van der Waals surface area contributed by atoms with Crippen LogP contribution in [0.15, 0.2) is 6.20 Å². The third-order valence-electron chi connectivity index (χ3n) is 2.28. The zero-order chi connectivity index (χ0) is 8.39. The maximum Gasteiger partial charge on any atom is 0.211 e. The largest absolute Gasteiger partial charge is 0.475 e. The molecule has 1 aromatic heterocycles. The number of nitrogens with zero attached hydrogens (tertiary/aromatic N) is 1. The van der Waals surface area contributed by atoms with Crippen molar-refractivity contribution >= 4 is 0 Å². The Kier molecular flexibility index (Phi) is 2.02. The number of rotatable bonds is 2. The van der Waals surface area contributed by atoms with Crippen LogP contribution >= 0.6 is 0 Å². The Morgan fingerprint density at radius 1 is 1.50 bits per heavy atom. The molecule has 66 valence electrons. The van der Waals surface area contributed by atoms with E-state index in [1.807, 2.05) is 6.92 Å². The second kappa shape index (κ2) is 3.17. The minimum absolute atomic E-state index is 0.421. The molecule has 1 aliphatic rings. The lowest BCUT2D eigenvalue weighted by Crippen LogP contribution is -2.10. The van der Waals surface area contributed by atoms with E-state index in [1.165, 1.54) is 25.7 Å². The van der Waals surface area contributed by atoms with Gasteiger partial charge in [0.05, 0.1) is 6.20 Å². The minimum Gasteiger partial charge on any atom is -0.475 e. The number of imidazole rings is 1. The van der Waals surface area contributed by atoms with E-state index in [2.05, 4.69) is 9.97 Å². The highest BCUT2D eigenvalue weighted by Gasteiger charge is 2.16. The molecule has 2 rings (SSSR count). The molecule has 1 heterocycles. The second-order valence-corrected chi connectivity index (χ2v) is 3.36. The first-order valence-electron chi connectivity index (χ1n) is 4.53. The van der Waals surface area contributed by atoms with E-state index in [1.54, 1.807) is 6.20 Å². The maximum absolute atomic E-state index is 5.68. The number of hydrogen-bond acceptors (Lipinski definition) is 2. The smallest absolute Gasteiger partial charge is 0.211 e. The Morgan fingerprint density at radius 3 is 2.83 bits per heavy atom. The van der Waals surface area contributed by atoms with E-state index in [0.29, 0.717) is 6.10 Å². The molecule has 12 heavy (non-hydrogen) atoms. The van der Waals surface area contributed by atoms with Crippen LogP contribution in [0.5, 0.6) is 5.88 Å². The van der Waals surface area contributed by atoms with Crippen LogP contribution in [0.2, 0.25) is 0 Å². The highest BCUT2D eigenvalue weighted by Crippen LogP contribution is 2.22. The van der Waals surface area contributed by atoms with Gasteiger partial charge >= 0.3 is 0 Å². The van der Waals surface area contributed by atoms with Crippen molar-refractivity contribution in [3.8, 4) is 5.88 Å². The molecule has 0 spiro atoms. The van der Waals surface area contributed by atoms with Crippen LogP contribution in [0.4, 0.5) is 0 Å². The van der Waals surface area contributed by atoms with Crippen LogP contribution < -0.4 is 4.74 Å². The third kappa shape index (κ3) is 1.60. The number of hydrogen-bond donors (Lipinski definition) is 1. The summed E-state index contributed by atoms with van der Waals surface area (Å²) in [5.74, 6) is 1.74. The first-order valence-corrected chi connectivity index (χ1v) is 4.53. The standard InChI is InChI=1S/C9H14N2O/c1-7-10-6-9(11-7)12-8-4-2-3-5-8/h6,8H,2-5H2,1H3,(H,10,11). The van der Waals surface area contributed by atoms with Crippen LogP contribution in [-0.4, -0.2) is 16.1 Å². The second-order valence-electron chi connectivity index (χ2n) is 3.36. The van der Waals surface area contributed by atoms with Crippen molar-refractivity contribution in [3.05, 3.63) is 12.0 Å². The summed E-state index contributed by atoms with van der Waals surface area (Å²) < 4.78 is 5.68. The summed E-state index contributed by atoms with van der Waals surface area (Å²) >= 11 is 0. The Hall–Kier alpha value is -0.990. The lowest BCUT2D eigenvalue weighted by Gasteiger charge is -2.09. The van der Waals surface area contributed by atoms with Gasteiger partial charge in [0.15, 0.2) is 0 Å². The van der Waals surface area contributed by atoms with E-state index >= 15 is 0 Å². The number of H-pyrrole nitrogens is 1. The minimum atomic E-state index is 0.421. The average molecular weight is 166 g/mol. The summed E-state index contributed by atoms with van der Waals surface area (Å²) in [6, 6.07) is 0. The molecule has 0 amide bonds. The molecule has 0 saturated heterocycles. The summed E-state index contributed by atoms with van der Waals surface area (Å²) in [4.78, 5) is 7.15. The molecule has 1 aromatic rings. The van der Waals surface area contributed by atoms with Gasteiger partial charge in [-0.05, 0) is 32.6 Å². The SMILES string of the molecule is Cc1ncc(OC2CCCC2)[nH]1. The quantitative estimate of drug-likeness (QED) is 0.730. The fraction of sp³-hybridized carbons (Fsp3) is 0.667. The van der Waals surface area contributed by atoms with Crippen LogP contribution in [-0.2, 0) is 0 Å². The molecule has 1 N–H and O–H groups in total. The zero-order valence-electron chi connectivity index (χ0n) is 7.34. The van der Waals surface area contributed by atoms with Crippen LogP contribution in [0.25, 0.3) is 0 Å². The molecule has 0 unspecified atom stereocenters. The summed E-state index contributed by atoms with van der Waals surface area (Å²) in [6.07, 6.45) is 7.17. The fourth-order valence-electron chi connectivity index (χ4n) is 1.64. The normalized spacial score (nSPS) is 18.4. The molecule has 0 atom stereocenters. The van der Waals surface area contributed by atoms with Gasteiger partial charge in [0.25, 0.3) is 0 Å². The summed E-state index contributed by atoms with van der Waals surface area (Å²) in [6.45, 7) is 1.93. The van der Waals surface area contributed by atoms with Gasteiger partial charge in [0, 0.05) is 0 Å². The molecule has 0 aliphatic heterocycles. The summed E-state index contributed by atoms with van der Waals surface area (Å²) in [5, 5.41) is 0. The van der Waals surface area contributed by atoms with Crippen molar-refractivity contribution in [1.29, 1.82) is 0 Å². The van der Waals surface area contributed by atoms with Gasteiger partial charge in [-0.3, -0.25) is 0 Å². The van der Waals surface area contributed by atoms with Crippen molar-refractivity contribution < 1.29 is 4.74 Å². The van der Waals surface area contributed by atoms with Gasteiger partial charge in [-0.25, -0.2) is 4.98 Å². The van der Waals surface area contributed by atoms with Crippen molar-refractivity contribution in [2.75, 3.05) is 0 Å². The van der Waals surface area contributed by atoms with Crippen LogP contribution in [0, 0.1) is 6.92 Å². The van der Waals surface area contributed by atoms with Crippen molar-refractivity contribution in [2.24, 2.45) is 0 Å². The monoisotopic (exact) mass is 166 g/mol. The average Bonchev–Trinajstić information content (AvgIpc) is 2.63. The molecule has 0 bridgehead atoms. The van der Waals surface area contributed by atoms with E-state index in [-0.39, 0.29) is 0 Å². The molecular weight excluding hydrogens is 152 g/mol. The Bertz CT molecular complexity index is 251. The van der Waals surface area contributed by atoms with E-state index in [9.17, 15) is 0 Å². The number of ether oxygens (including phenoxy) is 1. The molecular formula is C9H14N2O. The lowest BCUT2D eigenvalue weighted by atomic mass is 10.3. The first-order chi connectivity index (χ1) is 5.84. The Balaban J connectivity index is 1.94. The van der Waals surface area contributed by atoms with Gasteiger partial charge in [0.2, 0.25) is 5.88 Å². The van der Waals surface area contributed by atoms with Crippen molar-refractivity contribution in [3.63, 3.8) is 0 Å². The molecule has 1 saturated carbocycles. The zero-order valence-corrected chi connectivity index (χ0v) is 7.34. The number of aromatic nitrogens is 2. The topological polar surface area (TPSA) is 37.9 Å². The molecule has 0 radical (unpaired) electrons. The molecule has 1 fully saturated rings. The van der Waals surface area contributed by atoms with Gasteiger partial charge < -0.3 is 9.72 Å². The predicted octanol–water partition coefficient (Wildman–Crippen LogP) is 2.04. The predicted molar refractivity (Wildman–Crippen MR) is 46.2 cm³/mol. The number of aryl methyl sites for hydroxylation is 1. The molecule has 0 aromatic carbocycles. The van der Waals surface area contributed by atoms with E-state index < -0.39 is 0 Å². The van der Waals surface area contributed by atoms with Gasteiger partial charge in [-0.15, -0.1) is 0 Å². The van der Waals surface area contributed by atoms with Gasteiger partial charge in [0.1, 0.15) is 11.9 Å². The maximum atomic E-state index is 5.68.